The van der Waals surface area contributed by atoms with E-state index in [-0.39, 0.29) is 0 Å². The Kier molecular flexibility index (Phi) is 5.59. The van der Waals surface area contributed by atoms with Crippen molar-refractivity contribution in [3.05, 3.63) is 35.4 Å². The van der Waals surface area contributed by atoms with Crippen LogP contribution in [0.15, 0.2) is 24.3 Å². The third-order valence-electron chi connectivity index (χ3n) is 3.15. The van der Waals surface area contributed by atoms with Gasteiger partial charge in [0.25, 0.3) is 0 Å². The van der Waals surface area contributed by atoms with Crippen molar-refractivity contribution in [1.82, 2.24) is 5.32 Å². The largest absolute Gasteiger partial charge is 0.416 e. The van der Waals surface area contributed by atoms with Crippen LogP contribution in [0.4, 0.5) is 13.2 Å². The first-order chi connectivity index (χ1) is 9.13. The summed E-state index contributed by atoms with van der Waals surface area (Å²) in [4.78, 5) is 0. The summed E-state index contributed by atoms with van der Waals surface area (Å²) >= 11 is 0. The number of aliphatic hydroxyl groups is 1. The monoisotopic (exact) mass is 289 g/mol. The third kappa shape index (κ3) is 5.13. The fourth-order valence-electron chi connectivity index (χ4n) is 1.90. The highest BCUT2D eigenvalue weighted by Gasteiger charge is 2.32. The van der Waals surface area contributed by atoms with Gasteiger partial charge in [-0.05, 0) is 50.0 Å². The standard InChI is InChI=1S/C15H22F3NO/c1-11(2)10-19-8-7-14(3,20)12-5-4-6-13(9-12)15(16,17)18/h4-6,9,11,19-20H,7-8,10H2,1-3H3. The Morgan fingerprint density at radius 1 is 1.20 bits per heavy atom. The van der Waals surface area contributed by atoms with Gasteiger partial charge < -0.3 is 10.4 Å². The van der Waals surface area contributed by atoms with E-state index in [4.69, 9.17) is 0 Å². The molecule has 1 aromatic carbocycles. The van der Waals surface area contributed by atoms with Gasteiger partial charge in [-0.25, -0.2) is 0 Å². The topological polar surface area (TPSA) is 32.3 Å². The highest BCUT2D eigenvalue weighted by atomic mass is 19.4. The molecule has 114 valence electrons. The predicted molar refractivity (Wildman–Crippen MR) is 73.3 cm³/mol. The number of nitrogens with one attached hydrogen (secondary N) is 1. The van der Waals surface area contributed by atoms with Crippen molar-refractivity contribution >= 4 is 0 Å². The Bertz CT molecular complexity index is 427. The minimum atomic E-state index is -4.39. The van der Waals surface area contributed by atoms with Gasteiger partial charge in [0.15, 0.2) is 0 Å². The first-order valence-electron chi connectivity index (χ1n) is 6.74. The molecule has 0 saturated carbocycles. The molecule has 0 bridgehead atoms. The van der Waals surface area contributed by atoms with Gasteiger partial charge in [-0.1, -0.05) is 26.0 Å². The summed E-state index contributed by atoms with van der Waals surface area (Å²) in [5.74, 6) is 0.494. The third-order valence-corrected chi connectivity index (χ3v) is 3.15. The van der Waals surface area contributed by atoms with Crippen molar-refractivity contribution < 1.29 is 18.3 Å². The molecule has 0 aliphatic heterocycles. The van der Waals surface area contributed by atoms with Crippen LogP contribution in [-0.2, 0) is 11.8 Å². The van der Waals surface area contributed by atoms with Crippen molar-refractivity contribution in [1.29, 1.82) is 0 Å². The molecule has 0 aromatic heterocycles. The number of hydrogen-bond donors (Lipinski definition) is 2. The number of rotatable bonds is 6. The first-order valence-corrected chi connectivity index (χ1v) is 6.74. The van der Waals surface area contributed by atoms with Gasteiger partial charge in [0.05, 0.1) is 11.2 Å². The molecule has 0 spiro atoms. The molecular formula is C15H22F3NO. The maximum absolute atomic E-state index is 12.7. The lowest BCUT2D eigenvalue weighted by atomic mass is 9.91. The summed E-state index contributed by atoms with van der Waals surface area (Å²) in [6.07, 6.45) is -4.02. The Hall–Kier alpha value is -1.07. The van der Waals surface area contributed by atoms with Crippen LogP contribution in [0.2, 0.25) is 0 Å². The molecule has 1 atom stereocenters. The molecule has 0 amide bonds. The minimum absolute atomic E-state index is 0.290. The number of alkyl halides is 3. The molecule has 2 N–H and O–H groups in total. The Balaban J connectivity index is 2.72. The minimum Gasteiger partial charge on any atom is -0.385 e. The summed E-state index contributed by atoms with van der Waals surface area (Å²) in [6, 6.07) is 4.88. The molecule has 0 radical (unpaired) electrons. The number of benzene rings is 1. The fourth-order valence-corrected chi connectivity index (χ4v) is 1.90. The summed E-state index contributed by atoms with van der Waals surface area (Å²) in [5.41, 5.74) is -1.71. The van der Waals surface area contributed by atoms with Crippen LogP contribution >= 0.6 is 0 Å². The lowest BCUT2D eigenvalue weighted by molar-refractivity contribution is -0.137. The SMILES string of the molecule is CC(C)CNCCC(C)(O)c1cccc(C(F)(F)F)c1. The van der Waals surface area contributed by atoms with E-state index in [2.05, 4.69) is 19.2 Å². The Labute approximate surface area is 118 Å². The van der Waals surface area contributed by atoms with Crippen molar-refractivity contribution in [2.75, 3.05) is 13.1 Å². The van der Waals surface area contributed by atoms with Crippen LogP contribution in [0.1, 0.15) is 38.3 Å². The predicted octanol–water partition coefficient (Wildman–Crippen LogP) is 3.55. The van der Waals surface area contributed by atoms with Crippen molar-refractivity contribution in [2.24, 2.45) is 5.92 Å². The van der Waals surface area contributed by atoms with E-state index in [9.17, 15) is 18.3 Å². The van der Waals surface area contributed by atoms with Gasteiger partial charge in [-0.15, -0.1) is 0 Å². The maximum atomic E-state index is 12.7. The molecule has 2 nitrogen and oxygen atoms in total. The molecule has 5 heteroatoms. The van der Waals surface area contributed by atoms with Crippen LogP contribution in [-0.4, -0.2) is 18.2 Å². The maximum Gasteiger partial charge on any atom is 0.416 e. The zero-order valence-corrected chi connectivity index (χ0v) is 12.1. The zero-order valence-electron chi connectivity index (χ0n) is 12.1. The lowest BCUT2D eigenvalue weighted by Gasteiger charge is -2.25. The molecule has 0 saturated heterocycles. The van der Waals surface area contributed by atoms with Gasteiger partial charge in [-0.3, -0.25) is 0 Å². The molecule has 0 aliphatic rings. The van der Waals surface area contributed by atoms with Crippen molar-refractivity contribution in [3.8, 4) is 0 Å². The Morgan fingerprint density at radius 2 is 1.80 bits per heavy atom. The van der Waals surface area contributed by atoms with Gasteiger partial charge in [0.2, 0.25) is 0 Å². The van der Waals surface area contributed by atoms with E-state index in [1.165, 1.54) is 12.1 Å². The quantitative estimate of drug-likeness (QED) is 0.785. The molecule has 0 aliphatic carbocycles. The first kappa shape index (κ1) is 17.0. The summed E-state index contributed by atoms with van der Waals surface area (Å²) in [5, 5.41) is 13.5. The Morgan fingerprint density at radius 3 is 2.35 bits per heavy atom. The molecule has 0 fully saturated rings. The van der Waals surface area contributed by atoms with E-state index in [0.717, 1.165) is 18.7 Å². The van der Waals surface area contributed by atoms with Crippen LogP contribution in [0.5, 0.6) is 0 Å². The van der Waals surface area contributed by atoms with Gasteiger partial charge >= 0.3 is 6.18 Å². The van der Waals surface area contributed by atoms with E-state index < -0.39 is 17.3 Å². The number of halogens is 3. The smallest absolute Gasteiger partial charge is 0.385 e. The molecular weight excluding hydrogens is 267 g/mol. The lowest BCUT2D eigenvalue weighted by Crippen LogP contribution is -2.29. The van der Waals surface area contributed by atoms with Crippen LogP contribution in [0.3, 0.4) is 0 Å². The van der Waals surface area contributed by atoms with Gasteiger partial charge in [0, 0.05) is 0 Å². The summed E-state index contributed by atoms with van der Waals surface area (Å²) in [6.45, 7) is 7.05. The highest BCUT2D eigenvalue weighted by Crippen LogP contribution is 2.32. The van der Waals surface area contributed by atoms with E-state index in [1.807, 2.05) is 0 Å². The normalized spacial score (nSPS) is 15.4. The molecule has 1 unspecified atom stereocenters. The van der Waals surface area contributed by atoms with E-state index in [0.29, 0.717) is 24.4 Å². The second kappa shape index (κ2) is 6.59. The number of hydrogen-bond acceptors (Lipinski definition) is 2. The van der Waals surface area contributed by atoms with E-state index in [1.54, 1.807) is 6.92 Å². The van der Waals surface area contributed by atoms with Crippen molar-refractivity contribution in [2.45, 2.75) is 39.0 Å². The molecule has 1 aromatic rings. The van der Waals surface area contributed by atoms with E-state index >= 15 is 0 Å². The van der Waals surface area contributed by atoms with Crippen LogP contribution in [0.25, 0.3) is 0 Å². The molecule has 0 heterocycles. The average Bonchev–Trinajstić information content (AvgIpc) is 2.34. The second-order valence-corrected chi connectivity index (χ2v) is 5.70. The fraction of sp³-hybridized carbons (Fsp3) is 0.600. The van der Waals surface area contributed by atoms with Crippen LogP contribution in [0, 0.1) is 5.92 Å². The molecule has 1 rings (SSSR count). The summed E-state index contributed by atoms with van der Waals surface area (Å²) < 4.78 is 38.0. The average molecular weight is 289 g/mol. The second-order valence-electron chi connectivity index (χ2n) is 5.70. The molecule has 20 heavy (non-hydrogen) atoms. The van der Waals surface area contributed by atoms with Crippen molar-refractivity contribution in [3.63, 3.8) is 0 Å². The highest BCUT2D eigenvalue weighted by molar-refractivity contribution is 5.29. The van der Waals surface area contributed by atoms with Gasteiger partial charge in [-0.2, -0.15) is 13.2 Å². The van der Waals surface area contributed by atoms with Gasteiger partial charge in [0.1, 0.15) is 0 Å². The zero-order chi connectivity index (χ0) is 15.4. The summed E-state index contributed by atoms with van der Waals surface area (Å²) in [7, 11) is 0. The van der Waals surface area contributed by atoms with Crippen LogP contribution < -0.4 is 5.32 Å².